The zero-order valence-electron chi connectivity index (χ0n) is 10.1. The molecule has 2 rings (SSSR count). The van der Waals surface area contributed by atoms with E-state index in [1.165, 1.54) is 26.0 Å². The quantitative estimate of drug-likeness (QED) is 0.661. The number of nitro benzene ring substituents is 1. The molecular weight excluding hydrogens is 256 g/mol. The van der Waals surface area contributed by atoms with E-state index in [9.17, 15) is 19.7 Å². The number of rotatable bonds is 3. The van der Waals surface area contributed by atoms with E-state index < -0.39 is 22.2 Å². The van der Waals surface area contributed by atoms with E-state index in [0.29, 0.717) is 0 Å². The van der Waals surface area contributed by atoms with Crippen LogP contribution < -0.4 is 5.76 Å². The fraction of sp³-hybridized carbons (Fsp3) is 0.273. The van der Waals surface area contributed by atoms with E-state index in [-0.39, 0.29) is 16.8 Å². The van der Waals surface area contributed by atoms with Crippen molar-refractivity contribution >= 4 is 22.8 Å². The lowest BCUT2D eigenvalue weighted by Crippen LogP contribution is -2.40. The minimum Gasteiger partial charge on any atom is -0.480 e. The number of fused-ring (bicyclic) bond motifs is 1. The van der Waals surface area contributed by atoms with Gasteiger partial charge in [0.25, 0.3) is 5.69 Å². The fourth-order valence-corrected chi connectivity index (χ4v) is 1.74. The second kappa shape index (κ2) is 3.94. The van der Waals surface area contributed by atoms with Crippen molar-refractivity contribution < 1.29 is 19.2 Å². The lowest BCUT2D eigenvalue weighted by atomic mass is 10.1. The number of carboxylic acids is 1. The SMILES string of the molecule is CC(C)(C(=O)O)n1c(=O)oc2ccc([N+](=O)[O-])cc21. The van der Waals surface area contributed by atoms with E-state index in [1.807, 2.05) is 0 Å². The van der Waals surface area contributed by atoms with Gasteiger partial charge >= 0.3 is 11.7 Å². The van der Waals surface area contributed by atoms with Crippen molar-refractivity contribution in [3.05, 3.63) is 38.9 Å². The summed E-state index contributed by atoms with van der Waals surface area (Å²) in [5, 5.41) is 19.9. The van der Waals surface area contributed by atoms with E-state index in [2.05, 4.69) is 0 Å². The molecule has 100 valence electrons. The second-order valence-corrected chi connectivity index (χ2v) is 4.48. The molecule has 0 atom stereocenters. The highest BCUT2D eigenvalue weighted by Crippen LogP contribution is 2.25. The van der Waals surface area contributed by atoms with Crippen molar-refractivity contribution in [2.24, 2.45) is 0 Å². The lowest BCUT2D eigenvalue weighted by Gasteiger charge is -2.19. The molecule has 2 aromatic rings. The van der Waals surface area contributed by atoms with Crippen molar-refractivity contribution in [1.29, 1.82) is 0 Å². The van der Waals surface area contributed by atoms with Crippen LogP contribution >= 0.6 is 0 Å². The van der Waals surface area contributed by atoms with E-state index in [4.69, 9.17) is 9.52 Å². The average molecular weight is 266 g/mol. The summed E-state index contributed by atoms with van der Waals surface area (Å²) in [7, 11) is 0. The van der Waals surface area contributed by atoms with Crippen LogP contribution in [0.15, 0.2) is 27.4 Å². The molecule has 19 heavy (non-hydrogen) atoms. The number of aromatic nitrogens is 1. The molecule has 1 aromatic heterocycles. The van der Waals surface area contributed by atoms with Crippen LogP contribution in [0.25, 0.3) is 11.1 Å². The molecule has 0 aliphatic rings. The van der Waals surface area contributed by atoms with Crippen molar-refractivity contribution in [2.45, 2.75) is 19.4 Å². The van der Waals surface area contributed by atoms with Gasteiger partial charge in [0.2, 0.25) is 0 Å². The highest BCUT2D eigenvalue weighted by Gasteiger charge is 2.34. The molecule has 0 aliphatic heterocycles. The minimum absolute atomic E-state index is 0.0756. The van der Waals surface area contributed by atoms with Gasteiger partial charge in [0, 0.05) is 12.1 Å². The van der Waals surface area contributed by atoms with Gasteiger partial charge < -0.3 is 9.52 Å². The number of non-ortho nitro benzene ring substituents is 1. The van der Waals surface area contributed by atoms with Gasteiger partial charge in [-0.3, -0.25) is 14.7 Å². The summed E-state index contributed by atoms with van der Waals surface area (Å²) in [6.07, 6.45) is 0. The first-order valence-electron chi connectivity index (χ1n) is 5.29. The Morgan fingerprint density at radius 3 is 2.63 bits per heavy atom. The Balaban J connectivity index is 2.84. The van der Waals surface area contributed by atoms with Crippen molar-refractivity contribution in [3.63, 3.8) is 0 Å². The summed E-state index contributed by atoms with van der Waals surface area (Å²) in [5.74, 6) is -2.12. The molecule has 0 radical (unpaired) electrons. The van der Waals surface area contributed by atoms with Gasteiger partial charge in [-0.15, -0.1) is 0 Å². The van der Waals surface area contributed by atoms with Crippen LogP contribution in [-0.4, -0.2) is 20.6 Å². The summed E-state index contributed by atoms with van der Waals surface area (Å²) in [6, 6.07) is 3.57. The molecule has 1 heterocycles. The van der Waals surface area contributed by atoms with E-state index in [0.717, 1.165) is 10.6 Å². The molecule has 8 nitrogen and oxygen atoms in total. The van der Waals surface area contributed by atoms with Crippen LogP contribution in [0, 0.1) is 10.1 Å². The second-order valence-electron chi connectivity index (χ2n) is 4.48. The van der Waals surface area contributed by atoms with Crippen molar-refractivity contribution in [1.82, 2.24) is 4.57 Å². The molecule has 8 heteroatoms. The summed E-state index contributed by atoms with van der Waals surface area (Å²) in [6.45, 7) is 2.62. The predicted molar refractivity (Wildman–Crippen MR) is 64.1 cm³/mol. The highest BCUT2D eigenvalue weighted by molar-refractivity contribution is 5.82. The lowest BCUT2D eigenvalue weighted by molar-refractivity contribution is -0.384. The zero-order valence-corrected chi connectivity index (χ0v) is 10.1. The third kappa shape index (κ3) is 1.86. The first kappa shape index (κ1) is 12.8. The molecule has 0 saturated heterocycles. The summed E-state index contributed by atoms with van der Waals surface area (Å²) >= 11 is 0. The largest absolute Gasteiger partial charge is 0.480 e. The Hall–Kier alpha value is -2.64. The monoisotopic (exact) mass is 266 g/mol. The van der Waals surface area contributed by atoms with Crippen molar-refractivity contribution in [3.8, 4) is 0 Å². The van der Waals surface area contributed by atoms with Crippen LogP contribution in [0.2, 0.25) is 0 Å². The van der Waals surface area contributed by atoms with Gasteiger partial charge in [0.15, 0.2) is 5.58 Å². The van der Waals surface area contributed by atoms with Gasteiger partial charge in [-0.2, -0.15) is 0 Å². The van der Waals surface area contributed by atoms with Crippen LogP contribution in [-0.2, 0) is 10.3 Å². The zero-order chi connectivity index (χ0) is 14.4. The highest BCUT2D eigenvalue weighted by atomic mass is 16.6. The number of hydrogen-bond acceptors (Lipinski definition) is 5. The third-order valence-electron chi connectivity index (χ3n) is 2.86. The molecule has 1 N–H and O–H groups in total. The molecule has 0 aliphatic carbocycles. The maximum absolute atomic E-state index is 11.7. The van der Waals surface area contributed by atoms with Crippen LogP contribution in [0.1, 0.15) is 13.8 Å². The Morgan fingerprint density at radius 2 is 2.11 bits per heavy atom. The Kier molecular flexibility index (Phi) is 2.65. The molecule has 0 spiro atoms. The van der Waals surface area contributed by atoms with Crippen LogP contribution in [0.5, 0.6) is 0 Å². The first-order chi connectivity index (χ1) is 8.75. The standard InChI is InChI=1S/C11H10N2O6/c1-11(2,9(14)15)12-7-5-6(13(17)18)3-4-8(7)19-10(12)16/h3-5H,1-2H3,(H,14,15). The predicted octanol–water partition coefficient (Wildman–Crippen LogP) is 1.32. The number of nitrogens with zero attached hydrogens (tertiary/aromatic N) is 2. The van der Waals surface area contributed by atoms with E-state index >= 15 is 0 Å². The third-order valence-corrected chi connectivity index (χ3v) is 2.86. The molecule has 0 saturated carbocycles. The number of aliphatic carboxylic acids is 1. The number of oxazole rings is 1. The Bertz CT molecular complexity index is 739. The van der Waals surface area contributed by atoms with Crippen molar-refractivity contribution in [2.75, 3.05) is 0 Å². The van der Waals surface area contributed by atoms with Gasteiger partial charge in [-0.1, -0.05) is 0 Å². The Labute approximate surface area is 106 Å². The summed E-state index contributed by atoms with van der Waals surface area (Å²) in [4.78, 5) is 33.0. The topological polar surface area (TPSA) is 116 Å². The fourth-order valence-electron chi connectivity index (χ4n) is 1.74. The van der Waals surface area contributed by atoms with Crippen LogP contribution in [0.4, 0.5) is 5.69 Å². The Morgan fingerprint density at radius 1 is 1.47 bits per heavy atom. The number of benzene rings is 1. The maximum atomic E-state index is 11.7. The normalized spacial score (nSPS) is 11.7. The first-order valence-corrected chi connectivity index (χ1v) is 5.29. The molecule has 1 aromatic carbocycles. The number of hydrogen-bond donors (Lipinski definition) is 1. The minimum atomic E-state index is -1.57. The smallest absolute Gasteiger partial charge is 0.420 e. The van der Waals surface area contributed by atoms with Gasteiger partial charge in [0.1, 0.15) is 5.54 Å². The number of nitro groups is 1. The van der Waals surface area contributed by atoms with Gasteiger partial charge in [-0.05, 0) is 19.9 Å². The molecule has 0 bridgehead atoms. The van der Waals surface area contributed by atoms with Crippen LogP contribution in [0.3, 0.4) is 0 Å². The number of carbonyl (C=O) groups is 1. The van der Waals surface area contributed by atoms with Gasteiger partial charge in [0.05, 0.1) is 10.4 Å². The average Bonchev–Trinajstić information content (AvgIpc) is 2.63. The molecular formula is C11H10N2O6. The number of carboxylic acid groups (broad SMARTS) is 1. The summed E-state index contributed by atoms with van der Waals surface area (Å²) < 4.78 is 5.78. The maximum Gasteiger partial charge on any atom is 0.420 e. The molecule has 0 amide bonds. The summed E-state index contributed by atoms with van der Waals surface area (Å²) in [5.41, 5.74) is -1.64. The van der Waals surface area contributed by atoms with E-state index in [1.54, 1.807) is 0 Å². The van der Waals surface area contributed by atoms with Gasteiger partial charge in [-0.25, -0.2) is 9.59 Å². The molecule has 0 fully saturated rings. The molecule has 0 unspecified atom stereocenters.